The Morgan fingerprint density at radius 1 is 1.13 bits per heavy atom. The summed E-state index contributed by atoms with van der Waals surface area (Å²) in [5.74, 6) is 0.812. The number of nitrogens with zero attached hydrogens (tertiary/aromatic N) is 3. The quantitative estimate of drug-likeness (QED) is 0.492. The van der Waals surface area contributed by atoms with Crippen molar-refractivity contribution in [1.82, 2.24) is 19.9 Å². The van der Waals surface area contributed by atoms with Crippen molar-refractivity contribution in [3.05, 3.63) is 53.5 Å². The number of nitrogens with one attached hydrogen (secondary N) is 2. The second kappa shape index (κ2) is 9.84. The standard InChI is InChI=1S/C22H27N5O2S2/c1-16(12-17-6-2-3-7-17)23-13-18-8-4-5-9-20(18)26-31(28,29)19-10-11-21(24-14-19)22-15-30-27-25-22/h4-5,8-11,14-17,23,26H,2-3,6-7,12-13H2,1H3/t16-/m0/s1. The fourth-order valence-electron chi connectivity index (χ4n) is 4.06. The van der Waals surface area contributed by atoms with Crippen molar-refractivity contribution in [2.24, 2.45) is 5.92 Å². The predicted molar refractivity (Wildman–Crippen MR) is 123 cm³/mol. The topological polar surface area (TPSA) is 96.9 Å². The molecule has 4 rings (SSSR count). The van der Waals surface area contributed by atoms with Crippen LogP contribution in [-0.4, -0.2) is 29.0 Å². The summed E-state index contributed by atoms with van der Waals surface area (Å²) in [6, 6.07) is 11.1. The Morgan fingerprint density at radius 3 is 2.65 bits per heavy atom. The molecule has 31 heavy (non-hydrogen) atoms. The number of benzene rings is 1. The second-order valence-electron chi connectivity index (χ2n) is 8.10. The van der Waals surface area contributed by atoms with E-state index in [-0.39, 0.29) is 4.90 Å². The maximum Gasteiger partial charge on any atom is 0.263 e. The summed E-state index contributed by atoms with van der Waals surface area (Å²) in [6.07, 6.45) is 7.86. The van der Waals surface area contributed by atoms with Gasteiger partial charge < -0.3 is 5.32 Å². The highest BCUT2D eigenvalue weighted by atomic mass is 32.2. The summed E-state index contributed by atoms with van der Waals surface area (Å²) in [4.78, 5) is 4.34. The number of sulfonamides is 1. The molecular formula is C22H27N5O2S2. The number of hydrogen-bond acceptors (Lipinski definition) is 7. The number of anilines is 1. The van der Waals surface area contributed by atoms with Gasteiger partial charge in [0, 0.05) is 24.2 Å². The van der Waals surface area contributed by atoms with Crippen LogP contribution in [0.4, 0.5) is 5.69 Å². The minimum atomic E-state index is -3.75. The maximum atomic E-state index is 12.9. The van der Waals surface area contributed by atoms with Crippen LogP contribution in [-0.2, 0) is 16.6 Å². The van der Waals surface area contributed by atoms with Crippen LogP contribution >= 0.6 is 11.5 Å². The second-order valence-corrected chi connectivity index (χ2v) is 10.4. The molecule has 1 aliphatic rings. The van der Waals surface area contributed by atoms with Crippen molar-refractivity contribution in [1.29, 1.82) is 0 Å². The number of hydrogen-bond donors (Lipinski definition) is 2. The molecule has 3 aromatic rings. The maximum absolute atomic E-state index is 12.9. The third-order valence-corrected chi connectivity index (χ3v) is 7.59. The van der Waals surface area contributed by atoms with Gasteiger partial charge in [-0.05, 0) is 54.6 Å². The van der Waals surface area contributed by atoms with Crippen molar-refractivity contribution >= 4 is 27.2 Å². The summed E-state index contributed by atoms with van der Waals surface area (Å²) in [5, 5.41) is 9.28. The van der Waals surface area contributed by atoms with Crippen LogP contribution in [0.15, 0.2) is 52.9 Å². The minimum absolute atomic E-state index is 0.108. The number of aromatic nitrogens is 3. The Balaban J connectivity index is 1.42. The molecule has 1 aromatic carbocycles. The number of para-hydroxylation sites is 1. The van der Waals surface area contributed by atoms with E-state index in [1.165, 1.54) is 55.9 Å². The van der Waals surface area contributed by atoms with Crippen LogP contribution in [0, 0.1) is 5.92 Å². The molecule has 2 N–H and O–H groups in total. The van der Waals surface area contributed by atoms with Gasteiger partial charge in [0.15, 0.2) is 0 Å². The molecule has 0 spiro atoms. The van der Waals surface area contributed by atoms with Crippen LogP contribution < -0.4 is 10.0 Å². The summed E-state index contributed by atoms with van der Waals surface area (Å²) in [5.41, 5.74) is 2.72. The molecule has 2 aromatic heterocycles. The van der Waals surface area contributed by atoms with Gasteiger partial charge in [-0.25, -0.2) is 8.42 Å². The monoisotopic (exact) mass is 457 g/mol. The van der Waals surface area contributed by atoms with E-state index in [4.69, 9.17) is 0 Å². The van der Waals surface area contributed by atoms with E-state index >= 15 is 0 Å². The fourth-order valence-corrected chi connectivity index (χ4v) is 5.55. The van der Waals surface area contributed by atoms with Crippen LogP contribution in [0.1, 0.15) is 44.6 Å². The van der Waals surface area contributed by atoms with Crippen LogP contribution in [0.3, 0.4) is 0 Å². The van der Waals surface area contributed by atoms with Gasteiger partial charge in [-0.1, -0.05) is 48.4 Å². The lowest BCUT2D eigenvalue weighted by Gasteiger charge is -2.19. The van der Waals surface area contributed by atoms with E-state index < -0.39 is 10.0 Å². The molecule has 0 unspecified atom stereocenters. The van der Waals surface area contributed by atoms with Crippen molar-refractivity contribution in [2.75, 3.05) is 4.72 Å². The Labute approximate surface area is 187 Å². The van der Waals surface area contributed by atoms with Crippen LogP contribution in [0.2, 0.25) is 0 Å². The van der Waals surface area contributed by atoms with E-state index in [1.54, 1.807) is 17.5 Å². The summed E-state index contributed by atoms with van der Waals surface area (Å²) >= 11 is 1.22. The third-order valence-electron chi connectivity index (χ3n) is 5.73. The summed E-state index contributed by atoms with van der Waals surface area (Å²) in [6.45, 7) is 2.82. The smallest absolute Gasteiger partial charge is 0.263 e. The average molecular weight is 458 g/mol. The molecule has 0 bridgehead atoms. The molecule has 0 radical (unpaired) electrons. The molecule has 0 saturated heterocycles. The van der Waals surface area contributed by atoms with Gasteiger partial charge >= 0.3 is 0 Å². The Kier molecular flexibility index (Phi) is 6.94. The first-order chi connectivity index (χ1) is 15.0. The highest BCUT2D eigenvalue weighted by molar-refractivity contribution is 7.92. The molecule has 1 saturated carbocycles. The average Bonchev–Trinajstić information content (AvgIpc) is 3.47. The Hall–Kier alpha value is -2.36. The number of rotatable bonds is 9. The van der Waals surface area contributed by atoms with Crippen molar-refractivity contribution in [3.8, 4) is 11.4 Å². The zero-order valence-corrected chi connectivity index (χ0v) is 19.1. The van der Waals surface area contributed by atoms with Gasteiger partial charge in [-0.2, -0.15) is 0 Å². The molecule has 2 heterocycles. The lowest BCUT2D eigenvalue weighted by Crippen LogP contribution is -2.28. The highest BCUT2D eigenvalue weighted by Gasteiger charge is 2.19. The predicted octanol–water partition coefficient (Wildman–Crippen LogP) is 4.46. The third kappa shape index (κ3) is 5.66. The minimum Gasteiger partial charge on any atom is -0.310 e. The summed E-state index contributed by atoms with van der Waals surface area (Å²) < 4.78 is 32.4. The van der Waals surface area contributed by atoms with Gasteiger partial charge in [0.05, 0.1) is 11.4 Å². The molecule has 0 aliphatic heterocycles. The van der Waals surface area contributed by atoms with Crippen molar-refractivity contribution in [3.63, 3.8) is 0 Å². The molecule has 1 atom stereocenters. The van der Waals surface area contributed by atoms with Gasteiger partial charge in [0.25, 0.3) is 10.0 Å². The lowest BCUT2D eigenvalue weighted by molar-refractivity contribution is 0.404. The first kappa shape index (κ1) is 21.9. The molecule has 0 amide bonds. The first-order valence-electron chi connectivity index (χ1n) is 10.6. The van der Waals surface area contributed by atoms with Crippen molar-refractivity contribution < 1.29 is 8.42 Å². The Bertz CT molecular complexity index is 1080. The highest BCUT2D eigenvalue weighted by Crippen LogP contribution is 2.29. The van der Waals surface area contributed by atoms with E-state index in [2.05, 4.69) is 31.5 Å². The lowest BCUT2D eigenvalue weighted by atomic mass is 9.99. The van der Waals surface area contributed by atoms with Gasteiger partial charge in [0.2, 0.25) is 0 Å². The molecule has 164 valence electrons. The van der Waals surface area contributed by atoms with E-state index in [0.717, 1.165) is 11.5 Å². The molecule has 1 aliphatic carbocycles. The largest absolute Gasteiger partial charge is 0.310 e. The summed E-state index contributed by atoms with van der Waals surface area (Å²) in [7, 11) is -3.75. The Morgan fingerprint density at radius 2 is 1.94 bits per heavy atom. The van der Waals surface area contributed by atoms with Gasteiger partial charge in [-0.15, -0.1) is 5.10 Å². The normalized spacial score (nSPS) is 15.8. The van der Waals surface area contributed by atoms with Gasteiger partial charge in [-0.3, -0.25) is 9.71 Å². The molecular weight excluding hydrogens is 430 g/mol. The SMILES string of the molecule is C[C@@H](CC1CCCC1)NCc1ccccc1NS(=O)(=O)c1ccc(-c2csnn2)nc1. The van der Waals surface area contributed by atoms with E-state index in [0.29, 0.717) is 29.7 Å². The van der Waals surface area contributed by atoms with Gasteiger partial charge in [0.1, 0.15) is 10.6 Å². The molecule has 7 nitrogen and oxygen atoms in total. The van der Waals surface area contributed by atoms with Crippen molar-refractivity contribution in [2.45, 2.75) is 56.5 Å². The van der Waals surface area contributed by atoms with Crippen LogP contribution in [0.25, 0.3) is 11.4 Å². The molecule has 9 heteroatoms. The molecule has 1 fully saturated rings. The van der Waals surface area contributed by atoms with E-state index in [9.17, 15) is 8.42 Å². The van der Waals surface area contributed by atoms with Crippen LogP contribution in [0.5, 0.6) is 0 Å². The zero-order chi connectivity index (χ0) is 21.7. The van der Waals surface area contributed by atoms with E-state index in [1.807, 2.05) is 18.2 Å². The first-order valence-corrected chi connectivity index (χ1v) is 12.9. The number of pyridine rings is 1. The fraction of sp³-hybridized carbons (Fsp3) is 0.409. The zero-order valence-electron chi connectivity index (χ0n) is 17.5.